The van der Waals surface area contributed by atoms with Crippen molar-refractivity contribution in [1.29, 1.82) is 0 Å². The van der Waals surface area contributed by atoms with Crippen LogP contribution in [0, 0.1) is 0 Å². The Morgan fingerprint density at radius 1 is 0.333 bits per heavy atom. The average Bonchev–Trinajstić information content (AvgIpc) is 4.00. The van der Waals surface area contributed by atoms with Crippen LogP contribution in [-0.4, -0.2) is 13.7 Å². The second-order valence-electron chi connectivity index (χ2n) is 14.0. The van der Waals surface area contributed by atoms with Crippen molar-refractivity contribution in [2.45, 2.75) is 0 Å². The van der Waals surface area contributed by atoms with Crippen molar-refractivity contribution in [1.82, 2.24) is 13.7 Å². The third kappa shape index (κ3) is 4.66. The van der Waals surface area contributed by atoms with Crippen LogP contribution in [0.1, 0.15) is 16.4 Å². The third-order valence-electron chi connectivity index (χ3n) is 11.0. The molecule has 0 N–H and O–H groups in total. The maximum absolute atomic E-state index is 9.65. The molecule has 3 heterocycles. The molecule has 0 atom stereocenters. The predicted octanol–water partition coefficient (Wildman–Crippen LogP) is 14.3. The third-order valence-corrected chi connectivity index (χ3v) is 11.0. The zero-order chi connectivity index (χ0) is 47.9. The lowest BCUT2D eigenvalue weighted by atomic mass is 9.95. The summed E-state index contributed by atoms with van der Waals surface area (Å²) >= 11 is 0. The van der Waals surface area contributed by atoms with Crippen LogP contribution in [0.25, 0.3) is 105 Å². The van der Waals surface area contributed by atoms with Gasteiger partial charge in [-0.3, -0.25) is 0 Å². The molecule has 0 aliphatic heterocycles. The highest BCUT2D eigenvalue weighted by Gasteiger charge is 2.24. The molecule has 0 aliphatic rings. The van der Waals surface area contributed by atoms with E-state index in [0.29, 0.717) is 27.5 Å². The van der Waals surface area contributed by atoms with E-state index in [1.54, 1.807) is 4.57 Å². The molecule has 3 heteroatoms. The van der Waals surface area contributed by atoms with Crippen molar-refractivity contribution in [3.63, 3.8) is 0 Å². The number of hydrogen-bond acceptors (Lipinski definition) is 0. The summed E-state index contributed by atoms with van der Waals surface area (Å²) in [7, 11) is 0. The van der Waals surface area contributed by atoms with Crippen molar-refractivity contribution in [3.05, 3.63) is 212 Å². The van der Waals surface area contributed by atoms with Gasteiger partial charge in [-0.2, -0.15) is 0 Å². The van der Waals surface area contributed by atoms with Gasteiger partial charge in [0.05, 0.1) is 60.9 Å². The molecule has 0 bridgehead atoms. The largest absolute Gasteiger partial charge is 0.309 e. The molecule has 12 rings (SSSR count). The second-order valence-corrected chi connectivity index (χ2v) is 14.0. The van der Waals surface area contributed by atoms with Gasteiger partial charge in [-0.15, -0.1) is 0 Å². The number of nitrogens with zero attached hydrogens (tertiary/aromatic N) is 3. The minimum Gasteiger partial charge on any atom is -0.309 e. The molecule has 266 valence electrons. The lowest BCUT2D eigenvalue weighted by Crippen LogP contribution is -2.04. The standard InChI is InChI=1S/C54H35N3/c1-3-17-36(18-4-1)39-25-15-26-40(37-19-5-2-6-20-37)53(39)57-50-31-14-10-24-44(50)46-27-16-32-51(54(46)57)56-49-30-13-9-23-43(49)45-34-33-38(35-52(45)56)55-47-28-11-7-21-41(47)42-22-8-12-29-48(42)55/h1-35H/i1D,2D,3D,4D,5D,15D,17D,18D,19D,20D,25D,26D. The summed E-state index contributed by atoms with van der Waals surface area (Å²) in [5, 5.41) is 5.54. The quantitative estimate of drug-likeness (QED) is 0.167. The Kier molecular flexibility index (Phi) is 4.82. The molecule has 0 saturated carbocycles. The Morgan fingerprint density at radius 2 is 0.842 bits per heavy atom. The first-order valence-electron chi connectivity index (χ1n) is 24.6. The fraction of sp³-hybridized carbons (Fsp3) is 0. The summed E-state index contributed by atoms with van der Waals surface area (Å²) in [4.78, 5) is 0. The molecule has 0 radical (unpaired) electrons. The van der Waals surface area contributed by atoms with Crippen LogP contribution < -0.4 is 0 Å². The number of fused-ring (bicyclic) bond motifs is 9. The van der Waals surface area contributed by atoms with Crippen LogP contribution in [-0.2, 0) is 0 Å². The van der Waals surface area contributed by atoms with Crippen molar-refractivity contribution in [2.75, 3.05) is 0 Å². The molecule has 0 saturated heterocycles. The van der Waals surface area contributed by atoms with Crippen molar-refractivity contribution < 1.29 is 16.4 Å². The van der Waals surface area contributed by atoms with Gasteiger partial charge in [-0.1, -0.05) is 170 Å². The molecule has 3 aromatic heterocycles. The SMILES string of the molecule is [2H]c1cc([2H])c(-c2c([2H])c([2H])c([2H])c(-c3c([2H])c([2H])c([2H])c([2H])c3[2H])c2-n2c3ccccc3c3cccc(-n4c5ccccc5c5ccc(-n6c7ccccc7c7ccccc76)cc54)c32)c([2H])c1[2H]. The number of aromatic nitrogens is 3. The molecule has 57 heavy (non-hydrogen) atoms. The second kappa shape index (κ2) is 12.5. The van der Waals surface area contributed by atoms with E-state index in [4.69, 9.17) is 6.85 Å². The van der Waals surface area contributed by atoms with E-state index < -0.39 is 78.1 Å². The lowest BCUT2D eigenvalue weighted by molar-refractivity contribution is 1.13. The molecular formula is C54H35N3. The van der Waals surface area contributed by atoms with Crippen LogP contribution in [0.15, 0.2) is 212 Å². The predicted molar refractivity (Wildman–Crippen MR) is 240 cm³/mol. The molecular weight excluding hydrogens is 691 g/mol. The average molecular weight is 738 g/mol. The van der Waals surface area contributed by atoms with Gasteiger partial charge in [-0.25, -0.2) is 0 Å². The molecule has 0 unspecified atom stereocenters. The highest BCUT2D eigenvalue weighted by atomic mass is 15.1. The Morgan fingerprint density at radius 3 is 1.49 bits per heavy atom. The van der Waals surface area contributed by atoms with Gasteiger partial charge in [0, 0.05) is 49.1 Å². The molecule has 0 fully saturated rings. The van der Waals surface area contributed by atoms with Crippen molar-refractivity contribution in [2.24, 2.45) is 0 Å². The minimum atomic E-state index is -0.684. The number of rotatable bonds is 5. The van der Waals surface area contributed by atoms with Gasteiger partial charge >= 0.3 is 0 Å². The van der Waals surface area contributed by atoms with E-state index in [1.807, 2.05) is 84.9 Å². The zero-order valence-corrected chi connectivity index (χ0v) is 30.1. The number of benzene rings is 9. The summed E-state index contributed by atoms with van der Waals surface area (Å²) in [5.74, 6) is 0. The molecule has 0 spiro atoms. The van der Waals surface area contributed by atoms with Gasteiger partial charge in [0.25, 0.3) is 0 Å². The monoisotopic (exact) mass is 737 g/mol. The zero-order valence-electron chi connectivity index (χ0n) is 42.1. The summed E-state index contributed by atoms with van der Waals surface area (Å²) in [5.41, 5.74) is 4.97. The highest BCUT2D eigenvalue weighted by Crippen LogP contribution is 2.45. The van der Waals surface area contributed by atoms with Gasteiger partial charge in [-0.05, 0) is 53.6 Å². The van der Waals surface area contributed by atoms with Crippen LogP contribution in [0.2, 0.25) is 0 Å². The van der Waals surface area contributed by atoms with Crippen LogP contribution in [0.3, 0.4) is 0 Å². The number of hydrogen-bond donors (Lipinski definition) is 0. The van der Waals surface area contributed by atoms with E-state index in [2.05, 4.69) is 57.7 Å². The van der Waals surface area contributed by atoms with Crippen LogP contribution >= 0.6 is 0 Å². The molecule has 12 aromatic rings. The summed E-state index contributed by atoms with van der Waals surface area (Å²) in [6.07, 6.45) is 0. The topological polar surface area (TPSA) is 14.8 Å². The van der Waals surface area contributed by atoms with Gasteiger partial charge in [0.2, 0.25) is 0 Å². The Bertz CT molecular complexity index is 4160. The molecule has 9 aromatic carbocycles. The van der Waals surface area contributed by atoms with E-state index >= 15 is 0 Å². The Labute approximate surface area is 346 Å². The smallest absolute Gasteiger partial charge is 0.0782 e. The van der Waals surface area contributed by atoms with Crippen LogP contribution in [0.4, 0.5) is 0 Å². The first-order chi connectivity index (χ1) is 33.3. The normalized spacial score (nSPS) is 14.8. The van der Waals surface area contributed by atoms with E-state index in [-0.39, 0.29) is 22.4 Å². The number of para-hydroxylation sites is 6. The van der Waals surface area contributed by atoms with Crippen molar-refractivity contribution in [3.8, 4) is 39.3 Å². The van der Waals surface area contributed by atoms with E-state index in [9.17, 15) is 9.60 Å². The molecule has 0 aliphatic carbocycles. The summed E-state index contributed by atoms with van der Waals surface area (Å²) < 4.78 is 115. The summed E-state index contributed by atoms with van der Waals surface area (Å²) in [6, 6.07) is 38.2. The molecule has 3 nitrogen and oxygen atoms in total. The Balaban J connectivity index is 1.30. The fourth-order valence-electron chi connectivity index (χ4n) is 8.75. The van der Waals surface area contributed by atoms with E-state index in [0.717, 1.165) is 55.4 Å². The first-order valence-corrected chi connectivity index (χ1v) is 18.6. The fourth-order valence-corrected chi connectivity index (χ4v) is 8.75. The Hall–Kier alpha value is -7.62. The van der Waals surface area contributed by atoms with Gasteiger partial charge < -0.3 is 13.7 Å². The van der Waals surface area contributed by atoms with Gasteiger partial charge in [0.15, 0.2) is 0 Å². The van der Waals surface area contributed by atoms with E-state index in [1.165, 1.54) is 0 Å². The maximum atomic E-state index is 9.65. The lowest BCUT2D eigenvalue weighted by Gasteiger charge is -2.21. The van der Waals surface area contributed by atoms with Gasteiger partial charge in [0.1, 0.15) is 0 Å². The molecule has 0 amide bonds. The first kappa shape index (κ1) is 22.1. The minimum absolute atomic E-state index is 0.0935. The van der Waals surface area contributed by atoms with Crippen molar-refractivity contribution >= 4 is 65.4 Å². The maximum Gasteiger partial charge on any atom is 0.0782 e. The van der Waals surface area contributed by atoms with Crippen LogP contribution in [0.5, 0.6) is 0 Å². The highest BCUT2D eigenvalue weighted by molar-refractivity contribution is 6.16. The summed E-state index contributed by atoms with van der Waals surface area (Å²) in [6.45, 7) is 0.